The molecule has 3 nitrogen and oxygen atoms in total. The van der Waals surface area contributed by atoms with Gasteiger partial charge in [0.05, 0.1) is 4.34 Å². The van der Waals surface area contributed by atoms with Crippen LogP contribution >= 0.6 is 22.9 Å². The van der Waals surface area contributed by atoms with Gasteiger partial charge in [0.15, 0.2) is 0 Å². The van der Waals surface area contributed by atoms with Crippen LogP contribution < -0.4 is 5.73 Å². The number of rotatable bonds is 7. The van der Waals surface area contributed by atoms with Gasteiger partial charge in [-0.15, -0.1) is 11.3 Å². The summed E-state index contributed by atoms with van der Waals surface area (Å²) in [5, 5.41) is 0. The first-order valence-corrected chi connectivity index (χ1v) is 7.83. The molecule has 0 fully saturated rings. The van der Waals surface area contributed by atoms with Gasteiger partial charge in [-0.1, -0.05) is 25.4 Å². The zero-order valence-electron chi connectivity index (χ0n) is 11.9. The predicted molar refractivity (Wildman–Crippen MR) is 82.7 cm³/mol. The van der Waals surface area contributed by atoms with Gasteiger partial charge in [0, 0.05) is 30.9 Å². The summed E-state index contributed by atoms with van der Waals surface area (Å²) in [7, 11) is 1.84. The van der Waals surface area contributed by atoms with Gasteiger partial charge in [-0.3, -0.25) is 4.79 Å². The Labute approximate surface area is 124 Å². The van der Waals surface area contributed by atoms with Crippen molar-refractivity contribution in [3.8, 4) is 0 Å². The zero-order chi connectivity index (χ0) is 14.4. The molecule has 0 aliphatic rings. The molecule has 0 bridgehead atoms. The van der Waals surface area contributed by atoms with Crippen molar-refractivity contribution in [2.24, 2.45) is 11.7 Å². The van der Waals surface area contributed by atoms with Crippen molar-refractivity contribution in [1.82, 2.24) is 4.90 Å². The van der Waals surface area contributed by atoms with Crippen LogP contribution in [0.25, 0.3) is 0 Å². The van der Waals surface area contributed by atoms with Gasteiger partial charge in [0.1, 0.15) is 0 Å². The number of carbonyl (C=O) groups is 1. The highest BCUT2D eigenvalue weighted by Crippen LogP contribution is 2.22. The van der Waals surface area contributed by atoms with Gasteiger partial charge in [-0.25, -0.2) is 0 Å². The van der Waals surface area contributed by atoms with E-state index in [1.165, 1.54) is 11.3 Å². The maximum atomic E-state index is 12.0. The molecule has 0 aliphatic heterocycles. The molecule has 0 aliphatic carbocycles. The maximum Gasteiger partial charge on any atom is 0.222 e. The van der Waals surface area contributed by atoms with Crippen LogP contribution in [0.5, 0.6) is 0 Å². The van der Waals surface area contributed by atoms with Crippen molar-refractivity contribution >= 4 is 28.8 Å². The second kappa shape index (κ2) is 7.88. The summed E-state index contributed by atoms with van der Waals surface area (Å²) in [6.45, 7) is 4.93. The molecule has 1 aromatic rings. The first kappa shape index (κ1) is 16.5. The van der Waals surface area contributed by atoms with E-state index < -0.39 is 0 Å². The second-order valence-electron chi connectivity index (χ2n) is 5.22. The van der Waals surface area contributed by atoms with Crippen molar-refractivity contribution in [3.63, 3.8) is 0 Å². The topological polar surface area (TPSA) is 46.3 Å². The highest BCUT2D eigenvalue weighted by atomic mass is 35.5. The van der Waals surface area contributed by atoms with Crippen LogP contribution in [-0.4, -0.2) is 30.4 Å². The van der Waals surface area contributed by atoms with Gasteiger partial charge in [-0.2, -0.15) is 0 Å². The van der Waals surface area contributed by atoms with E-state index in [4.69, 9.17) is 17.3 Å². The third kappa shape index (κ3) is 5.93. The Morgan fingerprint density at radius 1 is 1.47 bits per heavy atom. The van der Waals surface area contributed by atoms with Gasteiger partial charge < -0.3 is 10.6 Å². The van der Waals surface area contributed by atoms with Crippen LogP contribution in [-0.2, 0) is 11.2 Å². The molecule has 108 valence electrons. The summed E-state index contributed by atoms with van der Waals surface area (Å²) in [6, 6.07) is 4.01. The summed E-state index contributed by atoms with van der Waals surface area (Å²) in [4.78, 5) is 14.9. The summed E-state index contributed by atoms with van der Waals surface area (Å²) in [5.41, 5.74) is 5.98. The number of nitrogens with zero attached hydrogens (tertiary/aromatic N) is 1. The lowest BCUT2D eigenvalue weighted by atomic mass is 10.0. The molecule has 0 spiro atoms. The minimum Gasteiger partial charge on any atom is -0.346 e. The molecule has 1 aromatic heterocycles. The highest BCUT2D eigenvalue weighted by Gasteiger charge is 2.13. The number of carbonyl (C=O) groups excluding carboxylic acids is 1. The van der Waals surface area contributed by atoms with Crippen LogP contribution in [0.2, 0.25) is 4.34 Å². The molecular formula is C14H23ClN2OS. The van der Waals surface area contributed by atoms with Gasteiger partial charge in [0.2, 0.25) is 5.91 Å². The number of aryl methyl sites for hydroxylation is 1. The molecular weight excluding hydrogens is 280 g/mol. The van der Waals surface area contributed by atoms with Crippen LogP contribution in [0.15, 0.2) is 12.1 Å². The SMILES string of the molecule is CC(C)C(N)CCN(C)C(=O)CCc1ccc(Cl)s1. The number of amides is 1. The minimum atomic E-state index is 0.159. The van der Waals surface area contributed by atoms with Crippen molar-refractivity contribution in [2.75, 3.05) is 13.6 Å². The van der Waals surface area contributed by atoms with Crippen LogP contribution in [0.4, 0.5) is 0 Å². The highest BCUT2D eigenvalue weighted by molar-refractivity contribution is 7.16. The fourth-order valence-corrected chi connectivity index (χ4v) is 2.79. The van der Waals surface area contributed by atoms with Gasteiger partial charge >= 0.3 is 0 Å². The molecule has 19 heavy (non-hydrogen) atoms. The maximum absolute atomic E-state index is 12.0. The van der Waals surface area contributed by atoms with E-state index in [9.17, 15) is 4.79 Å². The summed E-state index contributed by atoms with van der Waals surface area (Å²) in [6.07, 6.45) is 2.14. The normalized spacial score (nSPS) is 12.7. The van der Waals surface area contributed by atoms with E-state index in [0.29, 0.717) is 12.3 Å². The van der Waals surface area contributed by atoms with Gasteiger partial charge in [0.25, 0.3) is 0 Å². The van der Waals surface area contributed by atoms with E-state index in [0.717, 1.165) is 28.6 Å². The number of hydrogen-bond acceptors (Lipinski definition) is 3. The smallest absolute Gasteiger partial charge is 0.222 e. The molecule has 1 atom stereocenters. The summed E-state index contributed by atoms with van der Waals surface area (Å²) in [5.74, 6) is 0.622. The Morgan fingerprint density at radius 2 is 2.16 bits per heavy atom. The molecule has 0 saturated carbocycles. The average Bonchev–Trinajstić information content (AvgIpc) is 2.78. The van der Waals surface area contributed by atoms with Gasteiger partial charge in [-0.05, 0) is 30.9 Å². The fourth-order valence-electron chi connectivity index (χ4n) is 1.71. The third-order valence-corrected chi connectivity index (χ3v) is 4.58. The minimum absolute atomic E-state index is 0.159. The average molecular weight is 303 g/mol. The number of halogens is 1. The molecule has 0 saturated heterocycles. The van der Waals surface area contributed by atoms with Crippen molar-refractivity contribution in [1.29, 1.82) is 0 Å². The van der Waals surface area contributed by atoms with Crippen LogP contribution in [0.3, 0.4) is 0 Å². The van der Waals surface area contributed by atoms with Crippen LogP contribution in [0, 0.1) is 5.92 Å². The molecule has 1 rings (SSSR count). The summed E-state index contributed by atoms with van der Waals surface area (Å²) >= 11 is 7.40. The lowest BCUT2D eigenvalue weighted by Crippen LogP contribution is -2.34. The molecule has 1 heterocycles. The van der Waals surface area contributed by atoms with E-state index in [-0.39, 0.29) is 11.9 Å². The number of hydrogen-bond donors (Lipinski definition) is 1. The lowest BCUT2D eigenvalue weighted by Gasteiger charge is -2.21. The van der Waals surface area contributed by atoms with E-state index in [1.807, 2.05) is 19.2 Å². The Bertz CT molecular complexity index is 406. The first-order valence-electron chi connectivity index (χ1n) is 6.64. The predicted octanol–water partition coefficient (Wildman–Crippen LogP) is 3.17. The molecule has 2 N–H and O–H groups in total. The van der Waals surface area contributed by atoms with E-state index in [1.54, 1.807) is 4.90 Å². The largest absolute Gasteiger partial charge is 0.346 e. The Kier molecular flexibility index (Phi) is 6.83. The standard InChI is InChI=1S/C14H23ClN2OS/c1-10(2)12(16)8-9-17(3)14(18)7-5-11-4-6-13(15)19-11/h4,6,10,12H,5,7-9,16H2,1-3H3. The lowest BCUT2D eigenvalue weighted by molar-refractivity contribution is -0.129. The van der Waals surface area contributed by atoms with E-state index >= 15 is 0 Å². The quantitative estimate of drug-likeness (QED) is 0.841. The van der Waals surface area contributed by atoms with Crippen molar-refractivity contribution in [3.05, 3.63) is 21.3 Å². The second-order valence-corrected chi connectivity index (χ2v) is 7.02. The van der Waals surface area contributed by atoms with E-state index in [2.05, 4.69) is 13.8 Å². The number of thiophene rings is 1. The molecule has 1 unspecified atom stereocenters. The molecule has 5 heteroatoms. The molecule has 0 radical (unpaired) electrons. The summed E-state index contributed by atoms with van der Waals surface area (Å²) < 4.78 is 0.777. The Morgan fingerprint density at radius 3 is 2.68 bits per heavy atom. The Hall–Kier alpha value is -0.580. The Balaban J connectivity index is 2.28. The fraction of sp³-hybridized carbons (Fsp3) is 0.643. The first-order chi connectivity index (χ1) is 8.90. The third-order valence-electron chi connectivity index (χ3n) is 3.29. The molecule has 0 aromatic carbocycles. The molecule has 1 amide bonds. The zero-order valence-corrected chi connectivity index (χ0v) is 13.4. The monoisotopic (exact) mass is 302 g/mol. The van der Waals surface area contributed by atoms with Crippen molar-refractivity contribution < 1.29 is 4.79 Å². The van der Waals surface area contributed by atoms with Crippen molar-refractivity contribution in [2.45, 2.75) is 39.2 Å². The number of nitrogens with two attached hydrogens (primary N) is 1. The van der Waals surface area contributed by atoms with Crippen LogP contribution in [0.1, 0.15) is 31.6 Å².